The Morgan fingerprint density at radius 1 is 0.364 bits per heavy atom. The quantitative estimate of drug-likeness (QED) is 0.144. The first-order valence-electron chi connectivity index (χ1n) is 27.5. The summed E-state index contributed by atoms with van der Waals surface area (Å²) in [4.78, 5) is 2.48. The molecule has 2 aromatic heterocycles. The van der Waals surface area contributed by atoms with Crippen molar-refractivity contribution in [1.29, 1.82) is 0 Å². The molecule has 13 aromatic rings. The van der Waals surface area contributed by atoms with Gasteiger partial charge in [0.05, 0.1) is 27.6 Å². The Kier molecular flexibility index (Phi) is 10.0. The minimum Gasteiger partial charge on any atom is -0.456 e. The van der Waals surface area contributed by atoms with Gasteiger partial charge in [-0.15, -0.1) is 0 Å². The van der Waals surface area contributed by atoms with Crippen molar-refractivity contribution in [2.75, 3.05) is 4.90 Å². The molecule has 11 aromatic carbocycles. The van der Waals surface area contributed by atoms with Crippen LogP contribution in [-0.4, -0.2) is 0 Å². The highest BCUT2D eigenvalue weighted by Crippen LogP contribution is 2.58. The van der Waals surface area contributed by atoms with Gasteiger partial charge in [0, 0.05) is 16.5 Å². The van der Waals surface area contributed by atoms with Crippen molar-refractivity contribution in [1.82, 2.24) is 0 Å². The van der Waals surface area contributed by atoms with Crippen molar-refractivity contribution >= 4 is 60.9 Å². The average molecular weight is 988 g/mol. The number of anilines is 3. The summed E-state index contributed by atoms with van der Waals surface area (Å²) in [6.45, 7) is 0. The highest BCUT2D eigenvalue weighted by atomic mass is 16.3. The van der Waals surface area contributed by atoms with E-state index in [2.05, 4.69) is 260 Å². The predicted octanol–water partition coefficient (Wildman–Crippen LogP) is 20.2. The van der Waals surface area contributed by atoms with Crippen LogP contribution in [-0.2, 0) is 5.41 Å². The first-order valence-corrected chi connectivity index (χ1v) is 27.5. The van der Waals surface area contributed by atoms with Crippen LogP contribution in [0.2, 0.25) is 0 Å². The summed E-state index contributed by atoms with van der Waals surface area (Å²) in [6.07, 6.45) is 5.56. The summed E-state index contributed by atoms with van der Waals surface area (Å²) in [6, 6.07) is 94.0. The van der Waals surface area contributed by atoms with E-state index in [9.17, 15) is 0 Å². The highest BCUT2D eigenvalue weighted by molar-refractivity contribution is 6.18. The maximum Gasteiger partial charge on any atom is 0.137 e. The van der Waals surface area contributed by atoms with Gasteiger partial charge < -0.3 is 13.7 Å². The fraction of sp³-hybridized carbons (Fsp3) is 0.108. The Labute approximate surface area is 448 Å². The Bertz CT molecular complexity index is 4420. The molecule has 0 amide bonds. The minimum atomic E-state index is -0.658. The van der Waals surface area contributed by atoms with Gasteiger partial charge in [-0.05, 0) is 176 Å². The van der Waals surface area contributed by atoms with E-state index >= 15 is 0 Å². The number of benzene rings is 11. The zero-order valence-corrected chi connectivity index (χ0v) is 42.6. The molecule has 16 rings (SSSR count). The summed E-state index contributed by atoms with van der Waals surface area (Å²) in [5.41, 5.74) is 21.8. The molecular weight excluding hydrogens is 935 g/mol. The third kappa shape index (κ3) is 6.89. The summed E-state index contributed by atoms with van der Waals surface area (Å²) >= 11 is 0. The van der Waals surface area contributed by atoms with Gasteiger partial charge in [0.25, 0.3) is 0 Å². The van der Waals surface area contributed by atoms with Gasteiger partial charge in [-0.1, -0.05) is 194 Å². The lowest BCUT2D eigenvalue weighted by atomic mass is 9.67. The molecule has 2 heterocycles. The molecule has 3 aliphatic carbocycles. The van der Waals surface area contributed by atoms with E-state index in [-0.39, 0.29) is 0 Å². The van der Waals surface area contributed by atoms with Gasteiger partial charge in [-0.2, -0.15) is 0 Å². The van der Waals surface area contributed by atoms with Crippen molar-refractivity contribution in [2.24, 2.45) is 11.8 Å². The van der Waals surface area contributed by atoms with Crippen molar-refractivity contribution < 1.29 is 8.83 Å². The van der Waals surface area contributed by atoms with Crippen LogP contribution in [0.4, 0.5) is 17.1 Å². The van der Waals surface area contributed by atoms with Gasteiger partial charge in [-0.25, -0.2) is 0 Å². The Morgan fingerprint density at radius 2 is 0.896 bits per heavy atom. The largest absolute Gasteiger partial charge is 0.456 e. The molecule has 3 nitrogen and oxygen atoms in total. The molecule has 2 bridgehead atoms. The van der Waals surface area contributed by atoms with Gasteiger partial charge in [0.1, 0.15) is 22.3 Å². The van der Waals surface area contributed by atoms with Crippen molar-refractivity contribution in [2.45, 2.75) is 37.0 Å². The number of hydrogen-bond acceptors (Lipinski definition) is 3. The van der Waals surface area contributed by atoms with Crippen LogP contribution in [0.1, 0.15) is 59.4 Å². The van der Waals surface area contributed by atoms with Crippen molar-refractivity contribution in [3.63, 3.8) is 0 Å². The lowest BCUT2D eigenvalue weighted by molar-refractivity contribution is 0.420. The van der Waals surface area contributed by atoms with Crippen LogP contribution in [0, 0.1) is 11.8 Å². The normalized spacial score (nSPS) is 18.4. The van der Waals surface area contributed by atoms with Gasteiger partial charge >= 0.3 is 0 Å². The van der Waals surface area contributed by atoms with Gasteiger partial charge in [0.2, 0.25) is 0 Å². The van der Waals surface area contributed by atoms with E-state index < -0.39 is 5.41 Å². The molecule has 77 heavy (non-hydrogen) atoms. The summed E-state index contributed by atoms with van der Waals surface area (Å²) in [5.74, 6) is 2.46. The van der Waals surface area contributed by atoms with Crippen LogP contribution in [0.5, 0.6) is 0 Å². The molecule has 2 saturated carbocycles. The predicted molar refractivity (Wildman–Crippen MR) is 317 cm³/mol. The zero-order valence-electron chi connectivity index (χ0n) is 42.6. The fourth-order valence-electron chi connectivity index (χ4n) is 14.4. The molecule has 0 N–H and O–H groups in total. The summed E-state index contributed by atoms with van der Waals surface area (Å²) in [5, 5.41) is 4.25. The lowest BCUT2D eigenvalue weighted by Crippen LogP contribution is -2.29. The molecular formula is C74H53NO2. The number of rotatable bonds is 9. The zero-order chi connectivity index (χ0) is 50.6. The van der Waals surface area contributed by atoms with Gasteiger partial charge in [-0.3, -0.25) is 0 Å². The third-order valence-corrected chi connectivity index (χ3v) is 17.8. The van der Waals surface area contributed by atoms with Crippen molar-refractivity contribution in [3.8, 4) is 44.5 Å². The smallest absolute Gasteiger partial charge is 0.137 e. The van der Waals surface area contributed by atoms with E-state index in [4.69, 9.17) is 8.83 Å². The molecule has 366 valence electrons. The molecule has 2 fully saturated rings. The third-order valence-electron chi connectivity index (χ3n) is 17.8. The second-order valence-electron chi connectivity index (χ2n) is 21.9. The summed E-state index contributed by atoms with van der Waals surface area (Å²) < 4.78 is 13.7. The number of fused-ring (bicyclic) bond motifs is 11. The van der Waals surface area contributed by atoms with E-state index in [1.165, 1.54) is 86.9 Å². The van der Waals surface area contributed by atoms with E-state index in [0.29, 0.717) is 5.92 Å². The summed E-state index contributed by atoms with van der Waals surface area (Å²) in [7, 11) is 0. The molecule has 4 unspecified atom stereocenters. The number of hydrogen-bond donors (Lipinski definition) is 0. The van der Waals surface area contributed by atoms with Crippen LogP contribution >= 0.6 is 0 Å². The SMILES string of the molecule is c1ccc(-c2ccc3c(c2)C(c2ccccc2)(c2cccc(N(c4cccc5oc6ccc(-c7ccccc7)cc6c45)c4cccc5oc6ccc(-c7ccc(C8CC9CCC8C9)cc7)cc6c45)c2)c2ccccc2-3)cc1. The lowest BCUT2D eigenvalue weighted by Gasteiger charge is -2.35. The van der Waals surface area contributed by atoms with E-state index in [1.54, 1.807) is 0 Å². The van der Waals surface area contributed by atoms with E-state index in [0.717, 1.165) is 83.9 Å². The number of furan rings is 2. The maximum absolute atomic E-state index is 6.89. The average Bonchev–Trinajstić information content (AvgIpc) is 4.41. The monoisotopic (exact) mass is 987 g/mol. The van der Waals surface area contributed by atoms with Crippen LogP contribution in [0.15, 0.2) is 264 Å². The standard InChI is InChI=1S/C74H53NO2/c1-4-15-48(16-5-1)52-36-39-68-62(43-52)72-66(25-13-27-70(72)76-68)75(67-26-14-28-71-73(67)63-44-53(37-40-69(63)77-71)50-31-33-51(34-32-50)61-42-47-29-30-55(61)41-47)58-22-12-21-57(46-58)74(56-19-8-3-9-20-56)64-24-11-10-23-59(64)60-38-35-54(45-65(60)74)49-17-6-2-7-18-49/h1-28,31-40,43-47,55,61H,29-30,41-42H2. The molecule has 3 aliphatic rings. The topological polar surface area (TPSA) is 29.5 Å². The molecule has 0 aliphatic heterocycles. The fourth-order valence-corrected chi connectivity index (χ4v) is 14.4. The Hall–Kier alpha value is -9.18. The molecule has 0 radical (unpaired) electrons. The molecule has 4 atom stereocenters. The first-order chi connectivity index (χ1) is 38.1. The number of nitrogens with zero attached hydrogens (tertiary/aromatic N) is 1. The molecule has 0 saturated heterocycles. The maximum atomic E-state index is 6.89. The highest BCUT2D eigenvalue weighted by Gasteiger charge is 2.47. The second-order valence-corrected chi connectivity index (χ2v) is 21.9. The van der Waals surface area contributed by atoms with E-state index in [1.807, 2.05) is 0 Å². The Morgan fingerprint density at radius 3 is 1.52 bits per heavy atom. The second kappa shape index (κ2) is 17.4. The van der Waals surface area contributed by atoms with Crippen LogP contribution in [0.3, 0.4) is 0 Å². The van der Waals surface area contributed by atoms with Gasteiger partial charge in [0.15, 0.2) is 0 Å². The van der Waals surface area contributed by atoms with Crippen molar-refractivity contribution in [3.05, 3.63) is 283 Å². The minimum absolute atomic E-state index is 0.658. The first kappa shape index (κ1) is 44.1. The Balaban J connectivity index is 0.941. The van der Waals surface area contributed by atoms with Crippen LogP contribution in [0.25, 0.3) is 88.4 Å². The molecule has 0 spiro atoms. The van der Waals surface area contributed by atoms with Crippen LogP contribution < -0.4 is 4.90 Å². The molecule has 3 heteroatoms.